The summed E-state index contributed by atoms with van der Waals surface area (Å²) in [6.07, 6.45) is 0. The maximum atomic E-state index is 10.4. The summed E-state index contributed by atoms with van der Waals surface area (Å²) in [6.45, 7) is -12.0. The van der Waals surface area contributed by atoms with Gasteiger partial charge in [0.05, 0.1) is 0 Å². The topological polar surface area (TPSA) is 34.1 Å². The molecule has 0 radical (unpaired) electrons. The van der Waals surface area contributed by atoms with Crippen LogP contribution in [0.5, 0.6) is 0 Å². The maximum Gasteiger partial charge on any atom is 0.126 e. The van der Waals surface area contributed by atoms with E-state index < -0.39 is 39.0 Å². The van der Waals surface area contributed by atoms with Gasteiger partial charge in [-0.2, -0.15) is 0 Å². The molecule has 0 aliphatic heterocycles. The van der Waals surface area contributed by atoms with Gasteiger partial charge in [0.2, 0.25) is 0 Å². The van der Waals surface area contributed by atoms with Crippen LogP contribution in [0.4, 0.5) is 0 Å². The molecule has 0 saturated carbocycles. The summed E-state index contributed by atoms with van der Waals surface area (Å²) in [5, 5.41) is 0. The van der Waals surface area contributed by atoms with E-state index in [0.717, 1.165) is 0 Å². The molecular weight excluding hydrogens is 104 g/mol. The molecule has 0 aliphatic carbocycles. The SMILES string of the molecule is [2H]C([2H])([2H])C(=O)C([2H])([2H])[2H].[2H]C([2H])([2H])C(=O)C([2H])([2H])[2H]. The molecule has 0 aliphatic rings. The highest BCUT2D eigenvalue weighted by molar-refractivity contribution is 5.72. The summed E-state index contributed by atoms with van der Waals surface area (Å²) in [6, 6.07) is 0. The second-order valence-electron chi connectivity index (χ2n) is 0.658. The van der Waals surface area contributed by atoms with Crippen LogP contribution in [0.25, 0.3) is 0 Å². The molecule has 0 saturated heterocycles. The Labute approximate surface area is 66.8 Å². The van der Waals surface area contributed by atoms with Crippen LogP contribution in [0, 0.1) is 0 Å². The predicted octanol–water partition coefficient (Wildman–Crippen LogP) is 1.19. The van der Waals surface area contributed by atoms with Crippen LogP contribution in [0.15, 0.2) is 0 Å². The number of hydrogen-bond acceptors (Lipinski definition) is 2. The van der Waals surface area contributed by atoms with E-state index >= 15 is 0 Å². The molecular formula is C6H12O2. The first-order valence-corrected chi connectivity index (χ1v) is 1.41. The average molecular weight is 128 g/mol. The van der Waals surface area contributed by atoms with Crippen molar-refractivity contribution in [1.82, 2.24) is 0 Å². The highest BCUT2D eigenvalue weighted by atomic mass is 16.1. The van der Waals surface area contributed by atoms with Gasteiger partial charge in [0, 0.05) is 16.4 Å². The van der Waals surface area contributed by atoms with Crippen LogP contribution in [0.3, 0.4) is 0 Å². The summed E-state index contributed by atoms with van der Waals surface area (Å²) in [5.74, 6) is -3.36. The normalized spacial score (nSPS) is 35.0. The van der Waals surface area contributed by atoms with Crippen molar-refractivity contribution < 1.29 is 26.0 Å². The van der Waals surface area contributed by atoms with E-state index in [9.17, 15) is 9.59 Å². The second kappa shape index (κ2) is 6.34. The van der Waals surface area contributed by atoms with Gasteiger partial charge >= 0.3 is 0 Å². The average Bonchev–Trinajstić information content (AvgIpc) is 2.10. The lowest BCUT2D eigenvalue weighted by molar-refractivity contribution is -0.115. The molecule has 0 N–H and O–H groups in total. The fourth-order valence-corrected chi connectivity index (χ4v) is 0. The van der Waals surface area contributed by atoms with E-state index in [1.807, 2.05) is 0 Å². The van der Waals surface area contributed by atoms with Gasteiger partial charge in [0.15, 0.2) is 0 Å². The van der Waals surface area contributed by atoms with Crippen molar-refractivity contribution >= 4 is 11.6 Å². The van der Waals surface area contributed by atoms with Gasteiger partial charge in [-0.05, 0) is 27.4 Å². The smallest absolute Gasteiger partial charge is 0.126 e. The van der Waals surface area contributed by atoms with E-state index in [0.29, 0.717) is 0 Å². The standard InChI is InChI=1S/2C3H6O/c2*1-3(2)4/h2*1-2H3/i2*1D3,2D3. The molecule has 48 valence electrons. The van der Waals surface area contributed by atoms with Crippen molar-refractivity contribution in [1.29, 1.82) is 0 Å². The molecule has 8 heavy (non-hydrogen) atoms. The van der Waals surface area contributed by atoms with E-state index in [1.54, 1.807) is 0 Å². The van der Waals surface area contributed by atoms with Crippen molar-refractivity contribution in [2.45, 2.75) is 27.4 Å². The van der Waals surface area contributed by atoms with E-state index in [4.69, 9.17) is 16.4 Å². The minimum absolute atomic E-state index is 1.68. The number of rotatable bonds is 0. The van der Waals surface area contributed by atoms with Gasteiger partial charge in [0.1, 0.15) is 11.6 Å². The maximum absolute atomic E-state index is 10.4. The molecule has 0 bridgehead atoms. The van der Waals surface area contributed by atoms with Crippen LogP contribution in [-0.4, -0.2) is 11.6 Å². The van der Waals surface area contributed by atoms with Gasteiger partial charge in [-0.3, -0.25) is 0 Å². The Morgan fingerprint density at radius 1 is 1.00 bits per heavy atom. The Hall–Kier alpha value is -0.660. The largest absolute Gasteiger partial charge is 0.300 e. The minimum atomic E-state index is -3.01. The number of ketones is 2. The van der Waals surface area contributed by atoms with Gasteiger partial charge < -0.3 is 9.59 Å². The highest BCUT2D eigenvalue weighted by Crippen LogP contribution is 1.50. The van der Waals surface area contributed by atoms with Crippen molar-refractivity contribution in [2.75, 3.05) is 0 Å². The minimum Gasteiger partial charge on any atom is -0.300 e. The first-order valence-electron chi connectivity index (χ1n) is 7.41. The number of Topliss-reactive ketones (excluding diaryl/α,β-unsaturated/α-hetero) is 2. The lowest BCUT2D eigenvalue weighted by Gasteiger charge is -1.56. The van der Waals surface area contributed by atoms with E-state index in [-0.39, 0.29) is 0 Å². The molecule has 0 aromatic heterocycles. The lowest BCUT2D eigenvalue weighted by Crippen LogP contribution is -1.69. The third kappa shape index (κ3) is 231. The fraction of sp³-hybridized carbons (Fsp3) is 0.667. The Morgan fingerprint density at radius 2 is 1.25 bits per heavy atom. The van der Waals surface area contributed by atoms with Gasteiger partial charge in [-0.15, -0.1) is 0 Å². The molecule has 0 spiro atoms. The molecule has 2 nitrogen and oxygen atoms in total. The highest BCUT2D eigenvalue weighted by Gasteiger charge is 1.62. The summed E-state index contributed by atoms with van der Waals surface area (Å²) >= 11 is 0. The van der Waals surface area contributed by atoms with Crippen LogP contribution in [0.1, 0.15) is 43.9 Å². The third-order valence-electron chi connectivity index (χ3n) is 0. The van der Waals surface area contributed by atoms with Crippen molar-refractivity contribution in [3.8, 4) is 0 Å². The Balaban J connectivity index is 0. The van der Waals surface area contributed by atoms with E-state index in [2.05, 4.69) is 0 Å². The molecule has 0 heterocycles. The Bertz CT molecular complexity index is 284. The van der Waals surface area contributed by atoms with Crippen molar-refractivity contribution in [3.63, 3.8) is 0 Å². The monoisotopic (exact) mass is 128 g/mol. The van der Waals surface area contributed by atoms with Crippen LogP contribution in [0.2, 0.25) is 0 Å². The Kier molecular flexibility index (Phi) is 0.778. The number of hydrogen-bond donors (Lipinski definition) is 0. The summed E-state index contributed by atoms with van der Waals surface area (Å²) < 4.78 is 77.0. The van der Waals surface area contributed by atoms with Gasteiger partial charge in [-0.1, -0.05) is 0 Å². The van der Waals surface area contributed by atoms with Gasteiger partial charge in [-0.25, -0.2) is 0 Å². The number of carbonyl (C=O) groups excluding carboxylic acids is 2. The fourth-order valence-electron chi connectivity index (χ4n) is 0. The summed E-state index contributed by atoms with van der Waals surface area (Å²) in [7, 11) is 0. The molecule has 0 atom stereocenters. The first kappa shape index (κ1) is 0.981. The van der Waals surface area contributed by atoms with Crippen LogP contribution in [-0.2, 0) is 9.59 Å². The Morgan fingerprint density at radius 3 is 1.25 bits per heavy atom. The summed E-state index contributed by atoms with van der Waals surface area (Å²) in [4.78, 5) is 20.7. The van der Waals surface area contributed by atoms with Crippen LogP contribution >= 0.6 is 0 Å². The first-order chi connectivity index (χ1) is 8.31. The zero-order valence-corrected chi connectivity index (χ0v) is 3.82. The predicted molar refractivity (Wildman–Crippen MR) is 32.7 cm³/mol. The zero-order chi connectivity index (χ0) is 17.2. The quantitative estimate of drug-likeness (QED) is 0.491. The lowest BCUT2D eigenvalue weighted by atomic mass is 10.6. The molecule has 0 unspecified atom stereocenters. The summed E-state index contributed by atoms with van der Waals surface area (Å²) in [5.41, 5.74) is 0. The molecule has 0 amide bonds. The molecule has 0 fully saturated rings. The molecule has 0 rings (SSSR count). The second-order valence-corrected chi connectivity index (χ2v) is 0.658. The van der Waals surface area contributed by atoms with Crippen molar-refractivity contribution in [3.05, 3.63) is 0 Å². The number of carbonyl (C=O) groups is 2. The van der Waals surface area contributed by atoms with Gasteiger partial charge in [0.25, 0.3) is 0 Å². The van der Waals surface area contributed by atoms with Crippen LogP contribution < -0.4 is 0 Å². The van der Waals surface area contributed by atoms with E-state index in [1.165, 1.54) is 0 Å². The molecule has 0 aromatic carbocycles. The molecule has 0 aromatic rings. The third-order valence-corrected chi connectivity index (χ3v) is 0. The molecule has 2 heteroatoms. The van der Waals surface area contributed by atoms with Crippen molar-refractivity contribution in [2.24, 2.45) is 0 Å². The zero-order valence-electron chi connectivity index (χ0n) is 15.8.